The zero-order valence-corrected chi connectivity index (χ0v) is 19.7. The van der Waals surface area contributed by atoms with Crippen molar-refractivity contribution >= 4 is 34.6 Å². The number of carbonyl (C=O) groups is 1. The van der Waals surface area contributed by atoms with Gasteiger partial charge in [-0.1, -0.05) is 19.3 Å². The van der Waals surface area contributed by atoms with Crippen LogP contribution in [-0.4, -0.2) is 33.2 Å². The van der Waals surface area contributed by atoms with Crippen LogP contribution < -0.4 is 4.74 Å². The predicted molar refractivity (Wildman–Crippen MR) is 129 cm³/mol. The largest absolute Gasteiger partial charge is 0.494 e. The number of carbonyl (C=O) groups excluding carboxylic acids is 1. The van der Waals surface area contributed by atoms with Gasteiger partial charge in [0.25, 0.3) is 5.91 Å². The number of ether oxygens (including phenoxy) is 1. The standard InChI is InChI=1S/C25H31N3O2S/c1-5-30-22-13-11-20(12-14-22)26-25-28(21-9-7-6-8-10-21)24(29)23(31-25)16-19-15-17(2)27(4)18(19)3/h11-16,21H,5-10H2,1-4H3/b23-16-,26-25?. The van der Waals surface area contributed by atoms with Gasteiger partial charge >= 0.3 is 0 Å². The Morgan fingerprint density at radius 1 is 1.16 bits per heavy atom. The number of hydrogen-bond donors (Lipinski definition) is 0. The van der Waals surface area contributed by atoms with E-state index in [-0.39, 0.29) is 11.9 Å². The third-order valence-corrected chi connectivity index (χ3v) is 7.23. The molecule has 1 saturated carbocycles. The first-order chi connectivity index (χ1) is 15.0. The van der Waals surface area contributed by atoms with Crippen LogP contribution in [0.2, 0.25) is 0 Å². The number of aromatic nitrogens is 1. The summed E-state index contributed by atoms with van der Waals surface area (Å²) in [6, 6.07) is 10.1. The number of aliphatic imine (C=N–C) groups is 1. The Bertz CT molecular complexity index is 1010. The zero-order valence-electron chi connectivity index (χ0n) is 18.9. The molecule has 2 heterocycles. The summed E-state index contributed by atoms with van der Waals surface area (Å²) < 4.78 is 7.70. The second kappa shape index (κ2) is 9.35. The topological polar surface area (TPSA) is 46.8 Å². The van der Waals surface area contributed by atoms with E-state index in [0.29, 0.717) is 6.61 Å². The Hall–Kier alpha value is -2.47. The molecule has 1 amide bonds. The number of benzene rings is 1. The second-order valence-electron chi connectivity index (χ2n) is 8.28. The molecule has 1 aliphatic heterocycles. The molecule has 1 aromatic heterocycles. The summed E-state index contributed by atoms with van der Waals surface area (Å²) in [5, 5.41) is 0.789. The summed E-state index contributed by atoms with van der Waals surface area (Å²) in [6.07, 6.45) is 7.72. The van der Waals surface area contributed by atoms with E-state index in [4.69, 9.17) is 9.73 Å². The molecule has 1 aromatic carbocycles. The van der Waals surface area contributed by atoms with Gasteiger partial charge in [0.2, 0.25) is 0 Å². The minimum Gasteiger partial charge on any atom is -0.494 e. The number of rotatable bonds is 5. The van der Waals surface area contributed by atoms with Crippen molar-refractivity contribution in [2.24, 2.45) is 12.0 Å². The molecule has 1 aliphatic carbocycles. The van der Waals surface area contributed by atoms with Crippen LogP contribution in [-0.2, 0) is 11.8 Å². The molecule has 0 atom stereocenters. The highest BCUT2D eigenvalue weighted by atomic mass is 32.2. The van der Waals surface area contributed by atoms with E-state index in [0.717, 1.165) is 39.9 Å². The second-order valence-corrected chi connectivity index (χ2v) is 9.29. The molecular weight excluding hydrogens is 406 g/mol. The SMILES string of the molecule is CCOc1ccc(N=C2S/C(=C\c3cc(C)n(C)c3C)C(=O)N2C2CCCCC2)cc1. The predicted octanol–water partition coefficient (Wildman–Crippen LogP) is 5.98. The fourth-order valence-electron chi connectivity index (χ4n) is 4.29. The Morgan fingerprint density at radius 3 is 2.48 bits per heavy atom. The number of amides is 1. The first kappa shape index (κ1) is 21.8. The van der Waals surface area contributed by atoms with Crippen LogP contribution in [0, 0.1) is 13.8 Å². The Kier molecular flexibility index (Phi) is 6.56. The van der Waals surface area contributed by atoms with Crippen LogP contribution in [0.25, 0.3) is 6.08 Å². The van der Waals surface area contributed by atoms with Crippen molar-refractivity contribution in [3.05, 3.63) is 52.2 Å². The lowest BCUT2D eigenvalue weighted by Gasteiger charge is -2.30. The van der Waals surface area contributed by atoms with Gasteiger partial charge in [0.15, 0.2) is 5.17 Å². The minimum atomic E-state index is 0.0856. The zero-order chi connectivity index (χ0) is 22.0. The maximum absolute atomic E-state index is 13.5. The van der Waals surface area contributed by atoms with Crippen molar-refractivity contribution in [2.45, 2.75) is 58.9 Å². The number of aryl methyl sites for hydroxylation is 1. The van der Waals surface area contributed by atoms with Gasteiger partial charge in [-0.3, -0.25) is 9.69 Å². The maximum atomic E-state index is 13.5. The number of amidine groups is 1. The first-order valence-corrected chi connectivity index (χ1v) is 12.0. The van der Waals surface area contributed by atoms with E-state index in [9.17, 15) is 4.79 Å². The third-order valence-electron chi connectivity index (χ3n) is 6.25. The van der Waals surface area contributed by atoms with Gasteiger partial charge in [-0.25, -0.2) is 4.99 Å². The summed E-state index contributed by atoms with van der Waals surface area (Å²) in [4.78, 5) is 21.1. The molecule has 2 aromatic rings. The van der Waals surface area contributed by atoms with Gasteiger partial charge in [0.1, 0.15) is 5.75 Å². The number of nitrogens with zero attached hydrogens (tertiary/aromatic N) is 3. The lowest BCUT2D eigenvalue weighted by molar-refractivity contribution is -0.124. The molecule has 0 radical (unpaired) electrons. The van der Waals surface area contributed by atoms with E-state index < -0.39 is 0 Å². The molecule has 2 aliphatic rings. The molecule has 0 spiro atoms. The van der Waals surface area contributed by atoms with Crippen LogP contribution in [0.15, 0.2) is 40.2 Å². The lowest BCUT2D eigenvalue weighted by atomic mass is 9.94. The molecule has 164 valence electrons. The molecule has 1 saturated heterocycles. The Balaban J connectivity index is 1.68. The van der Waals surface area contributed by atoms with Crippen LogP contribution in [0.5, 0.6) is 5.75 Å². The van der Waals surface area contributed by atoms with Crippen molar-refractivity contribution in [3.63, 3.8) is 0 Å². The average molecular weight is 438 g/mol. The summed E-state index contributed by atoms with van der Waals surface area (Å²) >= 11 is 1.50. The van der Waals surface area contributed by atoms with Crippen molar-refractivity contribution in [1.29, 1.82) is 0 Å². The molecular formula is C25H31N3O2S. The highest BCUT2D eigenvalue weighted by molar-refractivity contribution is 8.18. The molecule has 31 heavy (non-hydrogen) atoms. The first-order valence-electron chi connectivity index (χ1n) is 11.2. The summed E-state index contributed by atoms with van der Waals surface area (Å²) in [7, 11) is 2.06. The maximum Gasteiger partial charge on any atom is 0.267 e. The summed E-state index contributed by atoms with van der Waals surface area (Å²) in [6.45, 7) is 6.80. The van der Waals surface area contributed by atoms with Crippen molar-refractivity contribution in [3.8, 4) is 5.75 Å². The third kappa shape index (κ3) is 4.59. The van der Waals surface area contributed by atoms with Gasteiger partial charge in [-0.05, 0) is 87.3 Å². The van der Waals surface area contributed by atoms with Crippen LogP contribution in [0.4, 0.5) is 5.69 Å². The van der Waals surface area contributed by atoms with Crippen LogP contribution >= 0.6 is 11.8 Å². The average Bonchev–Trinajstić information content (AvgIpc) is 3.21. The molecule has 4 rings (SSSR count). The highest BCUT2D eigenvalue weighted by Gasteiger charge is 2.38. The van der Waals surface area contributed by atoms with Gasteiger partial charge in [-0.15, -0.1) is 0 Å². The van der Waals surface area contributed by atoms with Crippen molar-refractivity contribution in [2.75, 3.05) is 6.61 Å². The normalized spacial score (nSPS) is 20.3. The van der Waals surface area contributed by atoms with Gasteiger partial charge < -0.3 is 9.30 Å². The quantitative estimate of drug-likeness (QED) is 0.541. The van der Waals surface area contributed by atoms with E-state index in [1.807, 2.05) is 42.2 Å². The Morgan fingerprint density at radius 2 is 1.87 bits per heavy atom. The number of hydrogen-bond acceptors (Lipinski definition) is 4. The van der Waals surface area contributed by atoms with E-state index in [1.165, 1.54) is 42.4 Å². The van der Waals surface area contributed by atoms with Gasteiger partial charge in [0, 0.05) is 24.5 Å². The smallest absolute Gasteiger partial charge is 0.267 e. The molecule has 2 fully saturated rings. The fraction of sp³-hybridized carbons (Fsp3) is 0.440. The number of thioether (sulfide) groups is 1. The lowest BCUT2D eigenvalue weighted by Crippen LogP contribution is -2.40. The van der Waals surface area contributed by atoms with Crippen molar-refractivity contribution < 1.29 is 9.53 Å². The van der Waals surface area contributed by atoms with E-state index >= 15 is 0 Å². The molecule has 5 nitrogen and oxygen atoms in total. The molecule has 0 bridgehead atoms. The minimum absolute atomic E-state index is 0.0856. The molecule has 0 N–H and O–H groups in total. The molecule has 6 heteroatoms. The van der Waals surface area contributed by atoms with E-state index in [1.54, 1.807) is 0 Å². The van der Waals surface area contributed by atoms with Gasteiger partial charge in [0.05, 0.1) is 17.2 Å². The van der Waals surface area contributed by atoms with Crippen molar-refractivity contribution in [1.82, 2.24) is 9.47 Å². The van der Waals surface area contributed by atoms with E-state index in [2.05, 4.69) is 31.5 Å². The highest BCUT2D eigenvalue weighted by Crippen LogP contribution is 2.39. The van der Waals surface area contributed by atoms with Crippen LogP contribution in [0.3, 0.4) is 0 Å². The van der Waals surface area contributed by atoms with Crippen LogP contribution in [0.1, 0.15) is 56.0 Å². The fourth-order valence-corrected chi connectivity index (χ4v) is 5.34. The van der Waals surface area contributed by atoms with Gasteiger partial charge in [-0.2, -0.15) is 0 Å². The summed E-state index contributed by atoms with van der Waals surface area (Å²) in [5.74, 6) is 0.920. The monoisotopic (exact) mass is 437 g/mol. The summed E-state index contributed by atoms with van der Waals surface area (Å²) in [5.41, 5.74) is 4.29. The molecule has 0 unspecified atom stereocenters. The Labute approximate surface area is 189 Å².